The third-order valence-electron chi connectivity index (χ3n) is 6.10. The summed E-state index contributed by atoms with van der Waals surface area (Å²) in [5.74, 6) is 0.348. The van der Waals surface area contributed by atoms with Crippen LogP contribution in [-0.2, 0) is 4.79 Å². The Morgan fingerprint density at radius 2 is 1.79 bits per heavy atom. The van der Waals surface area contributed by atoms with Crippen molar-refractivity contribution >= 4 is 45.6 Å². The third kappa shape index (κ3) is 4.49. The number of nitrogens with zero attached hydrogens (tertiary/aromatic N) is 4. The third-order valence-corrected chi connectivity index (χ3v) is 6.91. The number of anilines is 1. The number of aryl methyl sites for hydroxylation is 1. The summed E-state index contributed by atoms with van der Waals surface area (Å²) in [5.41, 5.74) is 4.78. The van der Waals surface area contributed by atoms with Gasteiger partial charge < -0.3 is 9.80 Å². The fourth-order valence-corrected chi connectivity index (χ4v) is 4.98. The first-order valence-electron chi connectivity index (χ1n) is 11.1. The van der Waals surface area contributed by atoms with Crippen LogP contribution in [0.3, 0.4) is 0 Å². The molecule has 0 atom stereocenters. The van der Waals surface area contributed by atoms with Gasteiger partial charge in [0.2, 0.25) is 0 Å². The molecule has 0 saturated carbocycles. The van der Waals surface area contributed by atoms with E-state index >= 15 is 0 Å². The minimum absolute atomic E-state index is 0.345. The van der Waals surface area contributed by atoms with Crippen molar-refractivity contribution in [2.75, 3.05) is 37.6 Å². The summed E-state index contributed by atoms with van der Waals surface area (Å²) in [5, 5.41) is 2.86. The first-order chi connectivity index (χ1) is 16.0. The molecule has 168 valence electrons. The molecule has 0 unspecified atom stereocenters. The molecule has 3 heterocycles. The van der Waals surface area contributed by atoms with Crippen LogP contribution in [-0.4, -0.2) is 58.7 Å². The van der Waals surface area contributed by atoms with Gasteiger partial charge >= 0.3 is 0 Å². The molecule has 7 nitrogen and oxygen atoms in total. The number of imide groups is 1. The van der Waals surface area contributed by atoms with Crippen LogP contribution >= 0.6 is 11.8 Å². The fraction of sp³-hybridized carbons (Fsp3) is 0.280. The Kier molecular flexibility index (Phi) is 5.86. The van der Waals surface area contributed by atoms with Crippen LogP contribution in [0, 0.1) is 6.92 Å². The molecule has 2 fully saturated rings. The second kappa shape index (κ2) is 8.96. The SMILES string of the molecule is CCN1CCN(c2ccc(-c3nc(C)nc4ccc(/C=C5\SC(=O)NC5=O)cc34)cc2)CC1. The van der Waals surface area contributed by atoms with Gasteiger partial charge in [-0.1, -0.05) is 25.1 Å². The van der Waals surface area contributed by atoms with Crippen molar-refractivity contribution in [3.8, 4) is 11.3 Å². The molecular formula is C25H25N5O2S. The van der Waals surface area contributed by atoms with E-state index in [1.54, 1.807) is 6.08 Å². The van der Waals surface area contributed by atoms with Crippen LogP contribution in [0.2, 0.25) is 0 Å². The zero-order valence-corrected chi connectivity index (χ0v) is 19.5. The maximum absolute atomic E-state index is 11.9. The highest BCUT2D eigenvalue weighted by atomic mass is 32.2. The number of piperazine rings is 1. The van der Waals surface area contributed by atoms with Crippen LogP contribution in [0.4, 0.5) is 10.5 Å². The van der Waals surface area contributed by atoms with Crippen LogP contribution in [0.1, 0.15) is 18.3 Å². The largest absolute Gasteiger partial charge is 0.369 e. The van der Waals surface area contributed by atoms with Gasteiger partial charge in [-0.3, -0.25) is 14.9 Å². The number of thioether (sulfide) groups is 1. The number of carbonyl (C=O) groups excluding carboxylic acids is 2. The van der Waals surface area contributed by atoms with Crippen molar-refractivity contribution in [3.05, 3.63) is 58.8 Å². The molecule has 3 aromatic rings. The topological polar surface area (TPSA) is 78.4 Å². The number of hydrogen-bond acceptors (Lipinski definition) is 7. The van der Waals surface area contributed by atoms with Crippen LogP contribution in [0.15, 0.2) is 47.4 Å². The average molecular weight is 460 g/mol. The Bertz CT molecular complexity index is 1260. The Labute approximate surface area is 196 Å². The summed E-state index contributed by atoms with van der Waals surface area (Å²) >= 11 is 0.916. The number of fused-ring (bicyclic) bond motifs is 1. The van der Waals surface area contributed by atoms with E-state index in [1.165, 1.54) is 5.69 Å². The highest BCUT2D eigenvalue weighted by molar-refractivity contribution is 8.18. The predicted octanol–water partition coefficient (Wildman–Crippen LogP) is 4.07. The monoisotopic (exact) mass is 459 g/mol. The number of hydrogen-bond donors (Lipinski definition) is 1. The smallest absolute Gasteiger partial charge is 0.290 e. The highest BCUT2D eigenvalue weighted by Crippen LogP contribution is 2.31. The standard InChI is InChI=1S/C25H25N5O2S/c1-3-29-10-12-30(13-11-29)19-7-5-18(6-8-19)23-20-14-17(4-9-21(20)26-16(2)27-23)15-22-24(31)28-25(32)33-22/h4-9,14-15H,3,10-13H2,1-2H3,(H,28,31,32)/b22-15-. The van der Waals surface area contributed by atoms with Gasteiger partial charge in [0.05, 0.1) is 16.1 Å². The Morgan fingerprint density at radius 1 is 1.03 bits per heavy atom. The Morgan fingerprint density at radius 3 is 2.45 bits per heavy atom. The fourth-order valence-electron chi connectivity index (χ4n) is 4.30. The molecule has 1 aromatic heterocycles. The van der Waals surface area contributed by atoms with Crippen LogP contribution < -0.4 is 10.2 Å². The summed E-state index contributed by atoms with van der Waals surface area (Å²) in [6.45, 7) is 9.46. The van der Waals surface area contributed by atoms with Gasteiger partial charge in [-0.25, -0.2) is 9.97 Å². The van der Waals surface area contributed by atoms with Crippen molar-refractivity contribution in [1.29, 1.82) is 0 Å². The molecule has 2 aliphatic rings. The van der Waals surface area contributed by atoms with Crippen LogP contribution in [0.5, 0.6) is 0 Å². The molecular weight excluding hydrogens is 434 g/mol. The number of aromatic nitrogens is 2. The van der Waals surface area contributed by atoms with E-state index in [2.05, 4.69) is 51.3 Å². The molecule has 5 rings (SSSR count). The molecule has 33 heavy (non-hydrogen) atoms. The molecule has 0 aliphatic carbocycles. The zero-order chi connectivity index (χ0) is 22.9. The molecule has 0 spiro atoms. The van der Waals surface area contributed by atoms with Gasteiger partial charge in [-0.15, -0.1) is 0 Å². The molecule has 0 radical (unpaired) electrons. The van der Waals surface area contributed by atoms with Gasteiger partial charge in [-0.05, 0) is 61.1 Å². The molecule has 8 heteroatoms. The molecule has 1 N–H and O–H groups in total. The summed E-state index contributed by atoms with van der Waals surface area (Å²) in [6, 6.07) is 14.4. The lowest BCUT2D eigenvalue weighted by Crippen LogP contribution is -2.46. The molecule has 2 aromatic carbocycles. The minimum atomic E-state index is -0.360. The van der Waals surface area contributed by atoms with Gasteiger partial charge in [0.25, 0.3) is 11.1 Å². The van der Waals surface area contributed by atoms with Crippen molar-refractivity contribution in [3.63, 3.8) is 0 Å². The van der Waals surface area contributed by atoms with E-state index in [4.69, 9.17) is 4.98 Å². The van der Waals surface area contributed by atoms with Crippen LogP contribution in [0.25, 0.3) is 28.2 Å². The molecule has 2 saturated heterocycles. The van der Waals surface area contributed by atoms with Crippen molar-refractivity contribution < 1.29 is 9.59 Å². The van der Waals surface area contributed by atoms with Gasteiger partial charge in [-0.2, -0.15) is 0 Å². The quantitative estimate of drug-likeness (QED) is 0.589. The van der Waals surface area contributed by atoms with E-state index in [1.807, 2.05) is 25.1 Å². The lowest BCUT2D eigenvalue weighted by Gasteiger charge is -2.35. The summed E-state index contributed by atoms with van der Waals surface area (Å²) < 4.78 is 0. The molecule has 2 aliphatic heterocycles. The second-order valence-electron chi connectivity index (χ2n) is 8.22. The van der Waals surface area contributed by atoms with E-state index in [9.17, 15) is 9.59 Å². The highest BCUT2D eigenvalue weighted by Gasteiger charge is 2.25. The maximum Gasteiger partial charge on any atom is 0.290 e. The number of carbonyl (C=O) groups is 2. The number of rotatable bonds is 4. The first-order valence-corrected chi connectivity index (χ1v) is 11.9. The number of likely N-dealkylation sites (N-methyl/N-ethyl adjacent to an activating group) is 1. The normalized spacial score (nSPS) is 18.4. The molecule has 0 bridgehead atoms. The van der Waals surface area contributed by atoms with Gasteiger partial charge in [0.1, 0.15) is 5.82 Å². The lowest BCUT2D eigenvalue weighted by atomic mass is 10.0. The Balaban J connectivity index is 1.48. The van der Waals surface area contributed by atoms with Crippen molar-refractivity contribution in [2.24, 2.45) is 0 Å². The minimum Gasteiger partial charge on any atom is -0.369 e. The number of benzene rings is 2. The van der Waals surface area contributed by atoms with Crippen molar-refractivity contribution in [1.82, 2.24) is 20.2 Å². The number of amides is 2. The van der Waals surface area contributed by atoms with E-state index in [0.717, 1.165) is 72.2 Å². The van der Waals surface area contributed by atoms with Gasteiger partial charge in [0, 0.05) is 42.8 Å². The summed E-state index contributed by atoms with van der Waals surface area (Å²) in [4.78, 5) is 38.0. The Hall–Kier alpha value is -3.23. The summed E-state index contributed by atoms with van der Waals surface area (Å²) in [7, 11) is 0. The summed E-state index contributed by atoms with van der Waals surface area (Å²) in [6.07, 6.45) is 1.73. The second-order valence-corrected chi connectivity index (χ2v) is 9.23. The average Bonchev–Trinajstić information content (AvgIpc) is 3.15. The first kappa shape index (κ1) is 21.6. The predicted molar refractivity (Wildman–Crippen MR) is 133 cm³/mol. The van der Waals surface area contributed by atoms with Gasteiger partial charge in [0.15, 0.2) is 0 Å². The zero-order valence-electron chi connectivity index (χ0n) is 18.7. The van der Waals surface area contributed by atoms with E-state index in [-0.39, 0.29) is 11.1 Å². The molecule has 2 amide bonds. The number of nitrogens with one attached hydrogen (secondary N) is 1. The van der Waals surface area contributed by atoms with E-state index in [0.29, 0.717) is 10.7 Å². The lowest BCUT2D eigenvalue weighted by molar-refractivity contribution is -0.115. The van der Waals surface area contributed by atoms with Crippen molar-refractivity contribution in [2.45, 2.75) is 13.8 Å². The van der Waals surface area contributed by atoms with E-state index < -0.39 is 0 Å². The maximum atomic E-state index is 11.9.